The first-order chi connectivity index (χ1) is 11.5. The van der Waals surface area contributed by atoms with Crippen LogP contribution in [0, 0.1) is 12.8 Å². The molecule has 1 N–H and O–H groups in total. The lowest BCUT2D eigenvalue weighted by Gasteiger charge is -2.32. The van der Waals surface area contributed by atoms with Crippen LogP contribution in [0.4, 0.5) is 0 Å². The molecule has 0 saturated carbocycles. The molecule has 1 saturated heterocycles. The van der Waals surface area contributed by atoms with Crippen LogP contribution in [0.2, 0.25) is 0 Å². The van der Waals surface area contributed by atoms with Crippen molar-refractivity contribution < 1.29 is 14.3 Å². The molecule has 2 unspecified atom stereocenters. The van der Waals surface area contributed by atoms with Gasteiger partial charge in [0.2, 0.25) is 0 Å². The first-order valence-electron chi connectivity index (χ1n) is 8.59. The van der Waals surface area contributed by atoms with Gasteiger partial charge >= 0.3 is 5.63 Å². The third-order valence-corrected chi connectivity index (χ3v) is 4.58. The average molecular weight is 331 g/mol. The molecule has 5 nitrogen and oxygen atoms in total. The van der Waals surface area contributed by atoms with Crippen LogP contribution in [0.25, 0.3) is 11.0 Å². The van der Waals surface area contributed by atoms with Gasteiger partial charge in [-0.15, -0.1) is 0 Å². The number of hydrogen-bond acceptors (Lipinski definition) is 5. The van der Waals surface area contributed by atoms with E-state index in [1.807, 2.05) is 19.1 Å². The van der Waals surface area contributed by atoms with Gasteiger partial charge in [0.25, 0.3) is 0 Å². The van der Waals surface area contributed by atoms with Gasteiger partial charge in [0.15, 0.2) is 0 Å². The minimum Gasteiger partial charge on any atom is -0.491 e. The first kappa shape index (κ1) is 17.0. The fourth-order valence-corrected chi connectivity index (χ4v) is 3.39. The van der Waals surface area contributed by atoms with Gasteiger partial charge in [0.05, 0.1) is 0 Å². The molecular formula is C19H25NO4. The van der Waals surface area contributed by atoms with Gasteiger partial charge in [0.1, 0.15) is 24.0 Å². The normalized spacial score (nSPS) is 20.2. The van der Waals surface area contributed by atoms with Crippen LogP contribution in [-0.2, 0) is 0 Å². The van der Waals surface area contributed by atoms with E-state index >= 15 is 0 Å². The summed E-state index contributed by atoms with van der Waals surface area (Å²) in [4.78, 5) is 13.8. The molecule has 5 heteroatoms. The summed E-state index contributed by atoms with van der Waals surface area (Å²) < 4.78 is 10.9. The summed E-state index contributed by atoms with van der Waals surface area (Å²) in [6.07, 6.45) is 1.93. The smallest absolute Gasteiger partial charge is 0.336 e. The minimum atomic E-state index is -0.532. The Bertz CT molecular complexity index is 755. The highest BCUT2D eigenvalue weighted by molar-refractivity contribution is 5.81. The second-order valence-electron chi connectivity index (χ2n) is 6.88. The number of hydrogen-bond donors (Lipinski definition) is 1. The number of ether oxygens (including phenoxy) is 1. The van der Waals surface area contributed by atoms with E-state index < -0.39 is 6.10 Å². The Hall–Kier alpha value is -1.85. The van der Waals surface area contributed by atoms with Gasteiger partial charge in [-0.25, -0.2) is 4.79 Å². The first-order valence-corrected chi connectivity index (χ1v) is 8.59. The van der Waals surface area contributed by atoms with Gasteiger partial charge in [-0.05, 0) is 49.9 Å². The maximum atomic E-state index is 11.5. The monoisotopic (exact) mass is 331 g/mol. The summed E-state index contributed by atoms with van der Waals surface area (Å²) in [6, 6.07) is 6.90. The molecule has 3 rings (SSSR count). The van der Waals surface area contributed by atoms with Crippen LogP contribution in [0.5, 0.6) is 5.75 Å². The van der Waals surface area contributed by atoms with Crippen molar-refractivity contribution in [3.05, 3.63) is 40.2 Å². The highest BCUT2D eigenvalue weighted by Crippen LogP contribution is 2.22. The Balaban J connectivity index is 1.59. The minimum absolute atomic E-state index is 0.229. The third kappa shape index (κ3) is 4.16. The molecular weight excluding hydrogens is 306 g/mol. The van der Waals surface area contributed by atoms with E-state index in [0.29, 0.717) is 23.8 Å². The molecule has 0 spiro atoms. The molecule has 24 heavy (non-hydrogen) atoms. The van der Waals surface area contributed by atoms with Crippen LogP contribution < -0.4 is 10.4 Å². The molecule has 1 aliphatic heterocycles. The van der Waals surface area contributed by atoms with Crippen molar-refractivity contribution in [3.63, 3.8) is 0 Å². The number of rotatable bonds is 5. The molecule has 130 valence electrons. The van der Waals surface area contributed by atoms with Crippen LogP contribution in [-0.4, -0.2) is 42.4 Å². The highest BCUT2D eigenvalue weighted by atomic mass is 16.5. The van der Waals surface area contributed by atoms with E-state index in [2.05, 4.69) is 11.8 Å². The molecule has 0 bridgehead atoms. The van der Waals surface area contributed by atoms with Gasteiger partial charge in [0, 0.05) is 30.6 Å². The molecule has 1 aliphatic rings. The van der Waals surface area contributed by atoms with Crippen LogP contribution in [0.1, 0.15) is 25.3 Å². The number of likely N-dealkylation sites (tertiary alicyclic amines) is 1. The van der Waals surface area contributed by atoms with Crippen molar-refractivity contribution >= 4 is 11.0 Å². The lowest BCUT2D eigenvalue weighted by molar-refractivity contribution is 0.0537. The van der Waals surface area contributed by atoms with Crippen molar-refractivity contribution in [1.82, 2.24) is 4.90 Å². The average Bonchev–Trinajstić information content (AvgIpc) is 2.52. The van der Waals surface area contributed by atoms with Gasteiger partial charge in [-0.2, -0.15) is 0 Å². The molecule has 2 heterocycles. The third-order valence-electron chi connectivity index (χ3n) is 4.58. The van der Waals surface area contributed by atoms with Crippen LogP contribution >= 0.6 is 0 Å². The number of nitrogens with zero attached hydrogens (tertiary/aromatic N) is 1. The molecule has 2 aromatic rings. The predicted molar refractivity (Wildman–Crippen MR) is 93.6 cm³/mol. The number of fused-ring (bicyclic) bond motifs is 1. The number of aryl methyl sites for hydroxylation is 1. The van der Waals surface area contributed by atoms with E-state index in [9.17, 15) is 9.90 Å². The largest absolute Gasteiger partial charge is 0.491 e. The summed E-state index contributed by atoms with van der Waals surface area (Å²) >= 11 is 0. The number of benzene rings is 1. The number of β-amino-alcohol motifs (C(OH)–C–C–N with tert-alkyl or cyclic N) is 1. The van der Waals surface area contributed by atoms with Crippen LogP contribution in [0.3, 0.4) is 0 Å². The topological polar surface area (TPSA) is 62.9 Å². The zero-order valence-electron chi connectivity index (χ0n) is 14.3. The fraction of sp³-hybridized carbons (Fsp3) is 0.526. The predicted octanol–water partition coefficient (Wildman–Crippen LogP) is 2.57. The van der Waals surface area contributed by atoms with E-state index in [4.69, 9.17) is 9.15 Å². The summed E-state index contributed by atoms with van der Waals surface area (Å²) in [5.74, 6) is 1.29. The molecule has 2 atom stereocenters. The second kappa shape index (κ2) is 7.36. The zero-order valence-corrected chi connectivity index (χ0v) is 14.3. The molecule has 0 aliphatic carbocycles. The standard InChI is InChI=1S/C19H25NO4/c1-13-4-3-7-20(10-13)11-15(21)12-23-16-5-6-17-14(2)8-19(22)24-18(17)9-16/h5-6,8-9,13,15,21H,3-4,7,10-12H2,1-2H3. The number of aliphatic hydroxyl groups excluding tert-OH is 1. The summed E-state index contributed by atoms with van der Waals surface area (Å²) in [7, 11) is 0. The van der Waals surface area contributed by atoms with Crippen molar-refractivity contribution in [2.75, 3.05) is 26.2 Å². The highest BCUT2D eigenvalue weighted by Gasteiger charge is 2.19. The Labute approximate surface area is 141 Å². The van der Waals surface area contributed by atoms with Crippen molar-refractivity contribution in [2.24, 2.45) is 5.92 Å². The number of piperidine rings is 1. The molecule has 1 aromatic carbocycles. The summed E-state index contributed by atoms with van der Waals surface area (Å²) in [6.45, 7) is 7.07. The van der Waals surface area contributed by atoms with Gasteiger partial charge < -0.3 is 19.2 Å². The Morgan fingerprint density at radius 2 is 2.25 bits per heavy atom. The Morgan fingerprint density at radius 3 is 3.04 bits per heavy atom. The maximum Gasteiger partial charge on any atom is 0.336 e. The Kier molecular flexibility index (Phi) is 5.21. The molecule has 1 fully saturated rings. The van der Waals surface area contributed by atoms with E-state index in [0.717, 1.165) is 24.0 Å². The van der Waals surface area contributed by atoms with Crippen molar-refractivity contribution in [3.8, 4) is 5.75 Å². The van der Waals surface area contributed by atoms with Gasteiger partial charge in [-0.3, -0.25) is 0 Å². The summed E-state index contributed by atoms with van der Waals surface area (Å²) in [5.41, 5.74) is 1.03. The molecule has 1 aromatic heterocycles. The van der Waals surface area contributed by atoms with Crippen molar-refractivity contribution in [1.29, 1.82) is 0 Å². The SMILES string of the molecule is Cc1cc(=O)oc2cc(OCC(O)CN3CCCC(C)C3)ccc12. The lowest BCUT2D eigenvalue weighted by Crippen LogP contribution is -2.41. The van der Waals surface area contributed by atoms with E-state index in [1.54, 1.807) is 6.07 Å². The fourth-order valence-electron chi connectivity index (χ4n) is 3.39. The van der Waals surface area contributed by atoms with Crippen molar-refractivity contribution in [2.45, 2.75) is 32.8 Å². The summed E-state index contributed by atoms with van der Waals surface area (Å²) in [5, 5.41) is 11.1. The Morgan fingerprint density at radius 1 is 1.42 bits per heavy atom. The van der Waals surface area contributed by atoms with E-state index in [-0.39, 0.29) is 12.2 Å². The van der Waals surface area contributed by atoms with E-state index in [1.165, 1.54) is 18.9 Å². The molecule has 0 radical (unpaired) electrons. The lowest BCUT2D eigenvalue weighted by atomic mass is 10.0. The molecule has 0 amide bonds. The number of aliphatic hydroxyl groups is 1. The second-order valence-corrected chi connectivity index (χ2v) is 6.88. The van der Waals surface area contributed by atoms with Gasteiger partial charge in [-0.1, -0.05) is 6.92 Å². The zero-order chi connectivity index (χ0) is 17.1. The maximum absolute atomic E-state index is 11.5. The quantitative estimate of drug-likeness (QED) is 0.853. The van der Waals surface area contributed by atoms with Crippen LogP contribution in [0.15, 0.2) is 33.5 Å².